The Hall–Kier alpha value is -3.69. The van der Waals surface area contributed by atoms with Gasteiger partial charge in [0.15, 0.2) is 6.10 Å². The molecule has 4 rings (SSSR count). The summed E-state index contributed by atoms with van der Waals surface area (Å²) in [5, 5.41) is 7.64. The van der Waals surface area contributed by atoms with Crippen molar-refractivity contribution >= 4 is 81.6 Å². The largest absolute Gasteiger partial charge is 0.460 e. The zero-order valence-electron chi connectivity index (χ0n) is 32.8. The lowest BCUT2D eigenvalue weighted by Crippen LogP contribution is -2.60. The topological polar surface area (TPSA) is 174 Å². The molecule has 0 bridgehead atoms. The van der Waals surface area contributed by atoms with Crippen molar-refractivity contribution in [3.8, 4) is 0 Å². The third kappa shape index (κ3) is 12.9. The number of hydrazine groups is 1. The molecule has 3 N–H and O–H groups in total. The summed E-state index contributed by atoms with van der Waals surface area (Å²) in [6.45, 7) is 12.7. The number of hydrogen-bond donors (Lipinski definition) is 3. The van der Waals surface area contributed by atoms with Gasteiger partial charge in [-0.05, 0) is 83.9 Å². The van der Waals surface area contributed by atoms with Crippen LogP contribution in [-0.4, -0.2) is 93.8 Å². The Morgan fingerprint density at radius 1 is 1.04 bits per heavy atom. The van der Waals surface area contributed by atoms with Crippen LogP contribution in [0.1, 0.15) is 91.4 Å². The monoisotopic (exact) mass is 839 g/mol. The number of benzene rings is 1. The maximum absolute atomic E-state index is 14.0. The fraction of sp³-hybridized carbons (Fsp3) is 0.590. The Labute approximate surface area is 342 Å². The van der Waals surface area contributed by atoms with Gasteiger partial charge in [-0.3, -0.25) is 29.2 Å². The summed E-state index contributed by atoms with van der Waals surface area (Å²) < 4.78 is 20.2. The quantitative estimate of drug-likeness (QED) is 0.128. The number of hydrogen-bond acceptors (Lipinski definition) is 11. The molecule has 0 aliphatic carbocycles. The van der Waals surface area contributed by atoms with E-state index in [1.54, 1.807) is 40.7 Å². The minimum atomic E-state index is -1.78. The lowest BCUT2D eigenvalue weighted by molar-refractivity contribution is -0.170. The molecule has 4 atom stereocenters. The van der Waals surface area contributed by atoms with E-state index >= 15 is 0 Å². The number of ether oxygens (including phenoxy) is 4. The zero-order valence-corrected chi connectivity index (χ0v) is 35.1. The van der Waals surface area contributed by atoms with Gasteiger partial charge in [-0.1, -0.05) is 79.0 Å². The molecule has 56 heavy (non-hydrogen) atoms. The lowest BCUT2D eigenvalue weighted by atomic mass is 9.79. The van der Waals surface area contributed by atoms with Crippen molar-refractivity contribution in [3.63, 3.8) is 0 Å². The first-order valence-corrected chi connectivity index (χ1v) is 19.8. The van der Waals surface area contributed by atoms with Crippen LogP contribution in [0.4, 0.5) is 4.79 Å². The van der Waals surface area contributed by atoms with Crippen molar-refractivity contribution in [2.24, 2.45) is 11.3 Å². The van der Waals surface area contributed by atoms with E-state index in [2.05, 4.69) is 16.1 Å². The minimum absolute atomic E-state index is 0.283. The van der Waals surface area contributed by atoms with Crippen LogP contribution in [0.2, 0.25) is 0 Å². The summed E-state index contributed by atoms with van der Waals surface area (Å²) in [5.74, 6) is -2.83. The van der Waals surface area contributed by atoms with E-state index < -0.39 is 81.4 Å². The summed E-state index contributed by atoms with van der Waals surface area (Å²) in [6, 6.07) is 7.21. The summed E-state index contributed by atoms with van der Waals surface area (Å²) >= 11 is 17.1. The number of rotatable bonds is 12. The number of amides is 3. The fourth-order valence-corrected chi connectivity index (χ4v) is 6.33. The van der Waals surface area contributed by atoms with Crippen LogP contribution in [0, 0.1) is 11.3 Å². The smallest absolute Gasteiger partial charge is 0.408 e. The number of nitrogens with one attached hydrogen (secondary N) is 3. The molecule has 2 aliphatic rings. The Morgan fingerprint density at radius 2 is 1.71 bits per heavy atom. The predicted molar refractivity (Wildman–Crippen MR) is 212 cm³/mol. The van der Waals surface area contributed by atoms with Gasteiger partial charge in [0.25, 0.3) is 11.8 Å². The Kier molecular flexibility index (Phi) is 15.4. The van der Waals surface area contributed by atoms with Crippen molar-refractivity contribution in [2.45, 2.75) is 108 Å². The lowest BCUT2D eigenvalue weighted by Gasteiger charge is -2.35. The number of fused-ring (bicyclic) bond motifs is 1. The highest BCUT2D eigenvalue weighted by molar-refractivity contribution is 6.67. The number of pyridine rings is 1. The summed E-state index contributed by atoms with van der Waals surface area (Å²) in [7, 11) is 0. The van der Waals surface area contributed by atoms with Gasteiger partial charge in [-0.25, -0.2) is 10.2 Å². The number of alkyl halides is 3. The second kappa shape index (κ2) is 19.2. The first kappa shape index (κ1) is 45.0. The highest BCUT2D eigenvalue weighted by Crippen LogP contribution is 2.36. The molecule has 2 saturated heterocycles. The molecule has 1 aromatic carbocycles. The molecule has 14 nitrogen and oxygen atoms in total. The van der Waals surface area contributed by atoms with Crippen molar-refractivity contribution in [3.05, 3.63) is 47.7 Å². The zero-order chi connectivity index (χ0) is 41.4. The van der Waals surface area contributed by atoms with E-state index in [-0.39, 0.29) is 6.54 Å². The molecule has 3 heterocycles. The number of nitrogens with zero attached hydrogens (tertiary/aromatic N) is 2. The number of carbonyl (C=O) groups is 5. The van der Waals surface area contributed by atoms with Crippen LogP contribution in [-0.2, 0) is 38.1 Å². The predicted octanol–water partition coefficient (Wildman–Crippen LogP) is 6.11. The molecule has 0 radical (unpaired) electrons. The van der Waals surface area contributed by atoms with E-state index in [0.29, 0.717) is 50.1 Å². The second-order valence-electron chi connectivity index (χ2n) is 15.5. The van der Waals surface area contributed by atoms with Gasteiger partial charge in [0.05, 0.1) is 22.7 Å². The molecule has 2 fully saturated rings. The Bertz CT molecular complexity index is 1770. The molecule has 4 unspecified atom stereocenters. The molecule has 0 saturated carbocycles. The highest BCUT2D eigenvalue weighted by Gasteiger charge is 2.42. The van der Waals surface area contributed by atoms with Crippen LogP contribution in [0.3, 0.4) is 0 Å². The third-order valence-electron chi connectivity index (χ3n) is 9.24. The third-order valence-corrected chi connectivity index (χ3v) is 9.57. The fourth-order valence-electron chi connectivity index (χ4n) is 6.17. The SMILES string of the molecule is CC(NC(=O)C(OC(=O)C1(C=Cc2ccc3ccc(C(C)NC(=O)OC(C)(C)C)nc3c2)CCOCC1)C(C)C)C(=O)N1CCCC(C(=O)OCC(Cl)(Cl)Cl)N1. The normalized spacial score (nSPS) is 19.2. The van der Waals surface area contributed by atoms with Crippen LogP contribution < -0.4 is 16.1 Å². The van der Waals surface area contributed by atoms with Gasteiger partial charge in [0, 0.05) is 25.1 Å². The van der Waals surface area contributed by atoms with Gasteiger partial charge in [0.2, 0.25) is 3.79 Å². The number of esters is 2. The molecular weight excluding hydrogens is 789 g/mol. The Balaban J connectivity index is 1.44. The summed E-state index contributed by atoms with van der Waals surface area (Å²) in [4.78, 5) is 70.6. The van der Waals surface area contributed by atoms with E-state index in [9.17, 15) is 24.0 Å². The molecule has 3 amide bonds. The molecule has 1 aromatic heterocycles. The minimum Gasteiger partial charge on any atom is -0.460 e. The van der Waals surface area contributed by atoms with Crippen LogP contribution >= 0.6 is 34.8 Å². The van der Waals surface area contributed by atoms with Crippen LogP contribution in [0.15, 0.2) is 36.4 Å². The van der Waals surface area contributed by atoms with Gasteiger partial charge in [-0.2, -0.15) is 0 Å². The van der Waals surface area contributed by atoms with Crippen molar-refractivity contribution in [1.29, 1.82) is 0 Å². The number of aromatic nitrogens is 1. The van der Waals surface area contributed by atoms with Gasteiger partial charge < -0.3 is 29.6 Å². The van der Waals surface area contributed by atoms with Crippen LogP contribution in [0.25, 0.3) is 17.0 Å². The van der Waals surface area contributed by atoms with Crippen molar-refractivity contribution in [1.82, 2.24) is 26.1 Å². The molecule has 17 heteroatoms. The average molecular weight is 841 g/mol. The van der Waals surface area contributed by atoms with E-state index in [4.69, 9.17) is 58.7 Å². The summed E-state index contributed by atoms with van der Waals surface area (Å²) in [5.41, 5.74) is 3.25. The molecule has 2 aliphatic heterocycles. The molecule has 308 valence electrons. The van der Waals surface area contributed by atoms with Crippen LogP contribution in [0.5, 0.6) is 0 Å². The summed E-state index contributed by atoms with van der Waals surface area (Å²) in [6.07, 6.45) is 3.43. The van der Waals surface area contributed by atoms with E-state index in [1.807, 2.05) is 43.3 Å². The first-order chi connectivity index (χ1) is 26.2. The first-order valence-electron chi connectivity index (χ1n) is 18.7. The maximum Gasteiger partial charge on any atom is 0.408 e. The number of alkyl carbamates (subject to hydrolysis) is 1. The van der Waals surface area contributed by atoms with E-state index in [0.717, 1.165) is 10.9 Å². The maximum atomic E-state index is 14.0. The van der Waals surface area contributed by atoms with Crippen molar-refractivity contribution in [2.75, 3.05) is 26.4 Å². The molecular formula is C39H52Cl3N5O9. The average Bonchev–Trinajstić information content (AvgIpc) is 3.13. The molecule has 2 aromatic rings. The van der Waals surface area contributed by atoms with Gasteiger partial charge in [0.1, 0.15) is 24.3 Å². The standard InChI is InChI=1S/C39H52Cl3N5O9/c1-23(2)31(32(48)43-25(4)33(49)47-18-8-9-29(46-47)34(50)54-22-39(40,41)42)55-35(51)38(16-19-53-20-17-38)15-14-26-10-11-27-12-13-28(45-30(27)21-26)24(3)44-36(52)56-37(5,6)7/h10-15,21,23-25,29,31,46H,8-9,16-20,22H2,1-7H3,(H,43,48)(H,44,52). The van der Waals surface area contributed by atoms with Gasteiger partial charge >= 0.3 is 18.0 Å². The number of halogens is 3. The molecule has 0 spiro atoms. The van der Waals surface area contributed by atoms with Crippen molar-refractivity contribution < 1.29 is 42.9 Å². The Morgan fingerprint density at radius 3 is 2.36 bits per heavy atom. The highest BCUT2D eigenvalue weighted by atomic mass is 35.6. The van der Waals surface area contributed by atoms with E-state index in [1.165, 1.54) is 11.9 Å². The second-order valence-corrected chi connectivity index (χ2v) is 18.0. The number of carbonyl (C=O) groups excluding carboxylic acids is 5. The van der Waals surface area contributed by atoms with Gasteiger partial charge in [-0.15, -0.1) is 0 Å².